The highest BCUT2D eigenvalue weighted by Gasteiger charge is 2.20. The number of hydrogen-bond acceptors (Lipinski definition) is 3. The van der Waals surface area contributed by atoms with Crippen LogP contribution in [0.25, 0.3) is 0 Å². The second kappa shape index (κ2) is 5.90. The number of amides is 2. The molecule has 0 unspecified atom stereocenters. The third-order valence-electron chi connectivity index (χ3n) is 1.66. The highest BCUT2D eigenvalue weighted by Crippen LogP contribution is 2.14. The van der Waals surface area contributed by atoms with E-state index in [4.69, 9.17) is 5.73 Å². The van der Waals surface area contributed by atoms with Crippen molar-refractivity contribution in [1.29, 1.82) is 0 Å². The van der Waals surface area contributed by atoms with Crippen LogP contribution in [0.2, 0.25) is 0 Å². The van der Waals surface area contributed by atoms with Crippen molar-refractivity contribution in [3.8, 4) is 0 Å². The molecule has 0 fully saturated rings. The van der Waals surface area contributed by atoms with Gasteiger partial charge in [0.2, 0.25) is 5.91 Å². The van der Waals surface area contributed by atoms with Crippen LogP contribution < -0.4 is 5.73 Å². The van der Waals surface area contributed by atoms with Crippen molar-refractivity contribution in [3.63, 3.8) is 0 Å². The number of thioether (sulfide) groups is 1. The Hall–Kier alpha value is -0.710. The Labute approximate surface area is 89.2 Å². The highest BCUT2D eigenvalue weighted by atomic mass is 32.2. The number of carbonyl (C=O) groups is 2. The van der Waals surface area contributed by atoms with E-state index in [0.29, 0.717) is 0 Å². The molecule has 2 N–H and O–H groups in total. The lowest BCUT2D eigenvalue weighted by molar-refractivity contribution is -0.115. The van der Waals surface area contributed by atoms with Crippen LogP contribution in [-0.4, -0.2) is 33.9 Å². The van der Waals surface area contributed by atoms with Gasteiger partial charge in [-0.15, -0.1) is 0 Å². The Bertz CT molecular complexity index is 209. The van der Waals surface area contributed by atoms with Gasteiger partial charge in [-0.25, -0.2) is 0 Å². The molecule has 0 aromatic heterocycles. The maximum atomic E-state index is 11.6. The monoisotopic (exact) mass is 218 g/mol. The van der Waals surface area contributed by atoms with E-state index in [1.165, 1.54) is 0 Å². The molecule has 0 aliphatic carbocycles. The smallest absolute Gasteiger partial charge is 0.282 e. The summed E-state index contributed by atoms with van der Waals surface area (Å²) in [7, 11) is 0. The van der Waals surface area contributed by atoms with E-state index in [9.17, 15) is 9.59 Å². The Morgan fingerprint density at radius 2 is 1.64 bits per heavy atom. The first-order valence-electron chi connectivity index (χ1n) is 4.59. The number of carbonyl (C=O) groups excluding carboxylic acids is 2. The maximum absolute atomic E-state index is 11.6. The molecule has 82 valence electrons. The molecule has 0 heterocycles. The van der Waals surface area contributed by atoms with Crippen LogP contribution in [0.1, 0.15) is 27.7 Å². The van der Waals surface area contributed by atoms with Gasteiger partial charge in [-0.2, -0.15) is 0 Å². The van der Waals surface area contributed by atoms with Crippen LogP contribution in [0.15, 0.2) is 0 Å². The largest absolute Gasteiger partial charge is 0.369 e. The summed E-state index contributed by atoms with van der Waals surface area (Å²) in [4.78, 5) is 23.8. The summed E-state index contributed by atoms with van der Waals surface area (Å²) >= 11 is 0.962. The average Bonchev–Trinajstić information content (AvgIpc) is 1.99. The topological polar surface area (TPSA) is 63.4 Å². The molecule has 0 aromatic carbocycles. The molecular weight excluding hydrogens is 200 g/mol. The SMILES string of the molecule is CC(C)N(C(=O)SCC(N)=O)C(C)C. The molecule has 0 saturated carbocycles. The van der Waals surface area contributed by atoms with Gasteiger partial charge in [-0.3, -0.25) is 9.59 Å². The van der Waals surface area contributed by atoms with Gasteiger partial charge in [0.1, 0.15) is 0 Å². The fourth-order valence-corrected chi connectivity index (χ4v) is 2.06. The lowest BCUT2D eigenvalue weighted by Gasteiger charge is -2.30. The molecule has 0 aliphatic rings. The summed E-state index contributed by atoms with van der Waals surface area (Å²) in [5, 5.41) is -0.0891. The molecule has 0 aliphatic heterocycles. The second-order valence-electron chi connectivity index (χ2n) is 3.62. The highest BCUT2D eigenvalue weighted by molar-refractivity contribution is 8.14. The zero-order chi connectivity index (χ0) is 11.3. The second-order valence-corrected chi connectivity index (χ2v) is 4.54. The molecule has 0 spiro atoms. The van der Waals surface area contributed by atoms with Crippen LogP contribution in [0, 0.1) is 0 Å². The molecule has 0 radical (unpaired) electrons. The number of rotatable bonds is 4. The fourth-order valence-electron chi connectivity index (χ4n) is 1.23. The standard InChI is InChI=1S/C9H18N2O2S/c1-6(2)11(7(3)4)9(13)14-5-8(10)12/h6-7H,5H2,1-4H3,(H2,10,12). The van der Waals surface area contributed by atoms with Gasteiger partial charge in [0.05, 0.1) is 5.75 Å². The minimum atomic E-state index is -0.462. The molecular formula is C9H18N2O2S. The average molecular weight is 218 g/mol. The molecule has 0 atom stereocenters. The van der Waals surface area contributed by atoms with Crippen LogP contribution in [0.5, 0.6) is 0 Å². The van der Waals surface area contributed by atoms with Crippen molar-refractivity contribution in [2.24, 2.45) is 5.73 Å². The van der Waals surface area contributed by atoms with Crippen molar-refractivity contribution < 1.29 is 9.59 Å². The zero-order valence-corrected chi connectivity index (χ0v) is 9.93. The summed E-state index contributed by atoms with van der Waals surface area (Å²) in [5.74, 6) is -0.412. The van der Waals surface area contributed by atoms with Gasteiger partial charge in [0, 0.05) is 12.1 Å². The third-order valence-corrected chi connectivity index (χ3v) is 2.55. The lowest BCUT2D eigenvalue weighted by atomic mass is 10.2. The summed E-state index contributed by atoms with van der Waals surface area (Å²) in [6, 6.07) is 0.283. The van der Waals surface area contributed by atoms with Crippen molar-refractivity contribution >= 4 is 22.9 Å². The third kappa shape index (κ3) is 4.50. The molecule has 0 aromatic rings. The van der Waals surface area contributed by atoms with Crippen LogP contribution in [-0.2, 0) is 4.79 Å². The Morgan fingerprint density at radius 1 is 1.21 bits per heavy atom. The quantitative estimate of drug-likeness (QED) is 0.776. The molecule has 14 heavy (non-hydrogen) atoms. The zero-order valence-electron chi connectivity index (χ0n) is 9.11. The van der Waals surface area contributed by atoms with Gasteiger partial charge in [0.15, 0.2) is 0 Å². The van der Waals surface area contributed by atoms with Gasteiger partial charge in [-0.05, 0) is 27.7 Å². The normalized spacial score (nSPS) is 10.7. The first-order valence-corrected chi connectivity index (χ1v) is 5.58. The molecule has 5 heteroatoms. The molecule has 0 rings (SSSR count). The summed E-state index contributed by atoms with van der Waals surface area (Å²) in [6.07, 6.45) is 0. The van der Waals surface area contributed by atoms with E-state index in [2.05, 4.69) is 0 Å². The summed E-state index contributed by atoms with van der Waals surface area (Å²) in [6.45, 7) is 7.79. The minimum Gasteiger partial charge on any atom is -0.369 e. The van der Waals surface area contributed by atoms with Crippen LogP contribution in [0.4, 0.5) is 4.79 Å². The van der Waals surface area contributed by atoms with Gasteiger partial charge >= 0.3 is 0 Å². The first kappa shape index (κ1) is 13.3. The number of primary amides is 1. The molecule has 2 amide bonds. The molecule has 0 saturated heterocycles. The fraction of sp³-hybridized carbons (Fsp3) is 0.778. The van der Waals surface area contributed by atoms with Crippen molar-refractivity contribution in [3.05, 3.63) is 0 Å². The van der Waals surface area contributed by atoms with Crippen LogP contribution in [0.3, 0.4) is 0 Å². The number of nitrogens with two attached hydrogens (primary N) is 1. The molecule has 4 nitrogen and oxygen atoms in total. The van der Waals surface area contributed by atoms with Crippen molar-refractivity contribution in [2.75, 3.05) is 5.75 Å². The van der Waals surface area contributed by atoms with E-state index in [1.54, 1.807) is 4.90 Å². The van der Waals surface area contributed by atoms with Crippen molar-refractivity contribution in [2.45, 2.75) is 39.8 Å². The summed E-state index contributed by atoms with van der Waals surface area (Å²) in [5.41, 5.74) is 4.96. The van der Waals surface area contributed by atoms with Gasteiger partial charge in [-0.1, -0.05) is 11.8 Å². The predicted molar refractivity (Wildman–Crippen MR) is 59.2 cm³/mol. The maximum Gasteiger partial charge on any atom is 0.282 e. The Balaban J connectivity index is 4.23. The van der Waals surface area contributed by atoms with E-state index < -0.39 is 5.91 Å². The lowest BCUT2D eigenvalue weighted by Crippen LogP contribution is -2.40. The molecule has 0 bridgehead atoms. The van der Waals surface area contributed by atoms with E-state index >= 15 is 0 Å². The number of hydrogen-bond donors (Lipinski definition) is 1. The Morgan fingerprint density at radius 3 is 1.93 bits per heavy atom. The predicted octanol–water partition coefficient (Wildman–Crippen LogP) is 1.44. The first-order chi connectivity index (χ1) is 6.36. The van der Waals surface area contributed by atoms with Gasteiger partial charge in [0.25, 0.3) is 5.24 Å². The van der Waals surface area contributed by atoms with Crippen LogP contribution >= 0.6 is 11.8 Å². The van der Waals surface area contributed by atoms with E-state index in [0.717, 1.165) is 11.8 Å². The van der Waals surface area contributed by atoms with Crippen molar-refractivity contribution in [1.82, 2.24) is 4.90 Å². The number of nitrogens with zero attached hydrogens (tertiary/aromatic N) is 1. The van der Waals surface area contributed by atoms with E-state index in [-0.39, 0.29) is 23.1 Å². The summed E-state index contributed by atoms with van der Waals surface area (Å²) < 4.78 is 0. The van der Waals surface area contributed by atoms with E-state index in [1.807, 2.05) is 27.7 Å². The Kier molecular flexibility index (Phi) is 5.60. The minimum absolute atomic E-state index is 0.0504. The van der Waals surface area contributed by atoms with Gasteiger partial charge < -0.3 is 10.6 Å².